The smallest absolute Gasteiger partial charge is 0.276 e. The summed E-state index contributed by atoms with van der Waals surface area (Å²) in [7, 11) is 0. The van der Waals surface area contributed by atoms with Crippen molar-refractivity contribution in [2.75, 3.05) is 13.2 Å². The van der Waals surface area contributed by atoms with Crippen LogP contribution in [-0.2, 0) is 9.59 Å². The molecule has 0 saturated carbocycles. The number of amides is 2. The van der Waals surface area contributed by atoms with Gasteiger partial charge in [-0.3, -0.25) is 20.4 Å². The number of carbonyl (C=O) groups excluding carboxylic acids is 2. The molecular weight excluding hydrogens is 529 g/mol. The molecule has 0 aliphatic heterocycles. The fourth-order valence-electron chi connectivity index (χ4n) is 2.31. The van der Waals surface area contributed by atoms with Gasteiger partial charge in [0, 0.05) is 15.9 Å². The molecule has 0 aliphatic rings. The number of thiocarbonyl (C=S) groups is 1. The van der Waals surface area contributed by atoms with Gasteiger partial charge in [0.25, 0.3) is 5.91 Å². The highest BCUT2D eigenvalue weighted by molar-refractivity contribution is 9.10. The summed E-state index contributed by atoms with van der Waals surface area (Å²) in [6.07, 6.45) is 0.618. The first-order chi connectivity index (χ1) is 14.7. The number of benzene rings is 2. The zero-order valence-corrected chi connectivity index (χ0v) is 20.4. The molecule has 0 bridgehead atoms. The number of nitrogens with one attached hydrogen (secondary N) is 3. The number of hydrogen-bond donors (Lipinski definition) is 3. The van der Waals surface area contributed by atoms with E-state index in [1.54, 1.807) is 24.3 Å². The van der Waals surface area contributed by atoms with E-state index in [9.17, 15) is 9.59 Å². The normalized spacial score (nSPS) is 10.2. The maximum absolute atomic E-state index is 11.9. The summed E-state index contributed by atoms with van der Waals surface area (Å²) < 4.78 is 11.9. The van der Waals surface area contributed by atoms with Crippen molar-refractivity contribution in [1.82, 2.24) is 16.2 Å². The molecule has 0 fully saturated rings. The summed E-state index contributed by atoms with van der Waals surface area (Å²) in [4.78, 5) is 23.8. The highest BCUT2D eigenvalue weighted by Crippen LogP contribution is 2.27. The highest BCUT2D eigenvalue weighted by atomic mass is 79.9. The lowest BCUT2D eigenvalue weighted by Gasteiger charge is -2.12. The van der Waals surface area contributed by atoms with Crippen LogP contribution in [0.1, 0.15) is 18.4 Å². The number of halogens is 3. The second-order valence-electron chi connectivity index (χ2n) is 6.28. The third-order valence-electron chi connectivity index (χ3n) is 3.76. The van der Waals surface area contributed by atoms with Crippen LogP contribution in [0.4, 0.5) is 0 Å². The number of hydrazine groups is 1. The molecule has 2 amide bonds. The predicted octanol–water partition coefficient (Wildman–Crippen LogP) is 4.32. The van der Waals surface area contributed by atoms with E-state index in [1.807, 2.05) is 19.1 Å². The Morgan fingerprint density at radius 2 is 1.77 bits per heavy atom. The predicted molar refractivity (Wildman–Crippen MR) is 128 cm³/mol. The third-order valence-corrected chi connectivity index (χ3v) is 4.99. The van der Waals surface area contributed by atoms with E-state index in [-0.39, 0.29) is 24.0 Å². The topological polar surface area (TPSA) is 88.7 Å². The highest BCUT2D eigenvalue weighted by Gasteiger charge is 2.09. The SMILES string of the molecule is Cc1cc(Br)ccc1OCC(=O)NNC(=S)NC(=O)CCCOc1ccc(Cl)cc1Cl. The molecule has 11 heteroatoms. The van der Waals surface area contributed by atoms with Crippen molar-refractivity contribution in [3.05, 3.63) is 56.5 Å². The van der Waals surface area contributed by atoms with Crippen LogP contribution in [0, 0.1) is 6.92 Å². The third kappa shape index (κ3) is 9.30. The van der Waals surface area contributed by atoms with Gasteiger partial charge in [-0.15, -0.1) is 0 Å². The van der Waals surface area contributed by atoms with Crippen molar-refractivity contribution in [2.24, 2.45) is 0 Å². The first-order valence-electron chi connectivity index (χ1n) is 9.10. The van der Waals surface area contributed by atoms with Gasteiger partial charge < -0.3 is 14.8 Å². The van der Waals surface area contributed by atoms with Crippen LogP contribution >= 0.6 is 51.3 Å². The van der Waals surface area contributed by atoms with Gasteiger partial charge in [-0.2, -0.15) is 0 Å². The molecule has 2 aromatic rings. The average molecular weight is 549 g/mol. The van der Waals surface area contributed by atoms with E-state index >= 15 is 0 Å². The van der Waals surface area contributed by atoms with Crippen LogP contribution in [-0.4, -0.2) is 30.1 Å². The van der Waals surface area contributed by atoms with Crippen LogP contribution in [0.3, 0.4) is 0 Å². The number of ether oxygens (including phenoxy) is 2. The van der Waals surface area contributed by atoms with Crippen LogP contribution < -0.4 is 25.6 Å². The van der Waals surface area contributed by atoms with E-state index in [0.29, 0.717) is 34.6 Å². The molecule has 0 radical (unpaired) electrons. The number of carbonyl (C=O) groups is 2. The minimum absolute atomic E-state index is 0.0279. The van der Waals surface area contributed by atoms with Crippen molar-refractivity contribution in [3.63, 3.8) is 0 Å². The van der Waals surface area contributed by atoms with Crippen molar-refractivity contribution in [1.29, 1.82) is 0 Å². The minimum atomic E-state index is -0.452. The van der Waals surface area contributed by atoms with E-state index in [0.717, 1.165) is 10.0 Å². The van der Waals surface area contributed by atoms with Gasteiger partial charge in [-0.25, -0.2) is 0 Å². The molecule has 31 heavy (non-hydrogen) atoms. The molecule has 166 valence electrons. The summed E-state index contributed by atoms with van der Waals surface area (Å²) in [6, 6.07) is 10.4. The lowest BCUT2D eigenvalue weighted by molar-refractivity contribution is -0.124. The molecule has 3 N–H and O–H groups in total. The fraction of sp³-hybridized carbons (Fsp3) is 0.250. The molecule has 2 rings (SSSR count). The van der Waals surface area contributed by atoms with E-state index in [1.165, 1.54) is 0 Å². The standard InChI is InChI=1S/C20H20BrCl2N3O4S/c1-12-9-13(21)4-6-16(12)30-11-19(28)25-26-20(31)24-18(27)3-2-8-29-17-7-5-14(22)10-15(17)23/h4-7,9-10H,2-3,8,11H2,1H3,(H,25,28)(H2,24,26,27,31). The quantitative estimate of drug-likeness (QED) is 0.258. The van der Waals surface area contributed by atoms with E-state index in [2.05, 4.69) is 32.1 Å². The number of rotatable bonds is 8. The summed E-state index contributed by atoms with van der Waals surface area (Å²) in [5.74, 6) is 0.315. The Hall–Kier alpha value is -2.07. The molecule has 0 unspecified atom stereocenters. The van der Waals surface area contributed by atoms with Crippen molar-refractivity contribution < 1.29 is 19.1 Å². The van der Waals surface area contributed by atoms with Gasteiger partial charge in [0.15, 0.2) is 11.7 Å². The maximum Gasteiger partial charge on any atom is 0.276 e. The fourth-order valence-corrected chi connectivity index (χ4v) is 3.41. The minimum Gasteiger partial charge on any atom is -0.492 e. The van der Waals surface area contributed by atoms with E-state index in [4.69, 9.17) is 44.9 Å². The summed E-state index contributed by atoms with van der Waals surface area (Å²) in [6.45, 7) is 1.95. The van der Waals surface area contributed by atoms with Gasteiger partial charge in [-0.05, 0) is 67.5 Å². The van der Waals surface area contributed by atoms with Crippen LogP contribution in [0.15, 0.2) is 40.9 Å². The first kappa shape index (κ1) is 25.2. The zero-order chi connectivity index (χ0) is 22.8. The van der Waals surface area contributed by atoms with Crippen LogP contribution in [0.5, 0.6) is 11.5 Å². The first-order valence-corrected chi connectivity index (χ1v) is 11.1. The molecule has 0 atom stereocenters. The van der Waals surface area contributed by atoms with Gasteiger partial charge in [0.05, 0.1) is 11.6 Å². The molecule has 0 aliphatic carbocycles. The van der Waals surface area contributed by atoms with Gasteiger partial charge >= 0.3 is 0 Å². The van der Waals surface area contributed by atoms with E-state index < -0.39 is 5.91 Å². The van der Waals surface area contributed by atoms with Gasteiger partial charge in [-0.1, -0.05) is 39.1 Å². The summed E-state index contributed by atoms with van der Waals surface area (Å²) in [5.41, 5.74) is 5.70. The maximum atomic E-state index is 11.9. The lowest BCUT2D eigenvalue weighted by Crippen LogP contribution is -2.49. The average Bonchev–Trinajstić information content (AvgIpc) is 2.70. The van der Waals surface area contributed by atoms with Crippen molar-refractivity contribution >= 4 is 68.3 Å². The Kier molecular flexibility index (Phi) is 10.3. The molecule has 0 heterocycles. The second-order valence-corrected chi connectivity index (χ2v) is 8.44. The van der Waals surface area contributed by atoms with Gasteiger partial charge in [0.2, 0.25) is 5.91 Å². The summed E-state index contributed by atoms with van der Waals surface area (Å²) >= 11 is 20.2. The largest absolute Gasteiger partial charge is 0.492 e. The zero-order valence-electron chi connectivity index (χ0n) is 16.5. The molecule has 0 aromatic heterocycles. The molecule has 0 saturated heterocycles. The molecule has 2 aromatic carbocycles. The Morgan fingerprint density at radius 3 is 2.48 bits per heavy atom. The summed E-state index contributed by atoms with van der Waals surface area (Å²) in [5, 5.41) is 3.35. The lowest BCUT2D eigenvalue weighted by atomic mass is 10.2. The Balaban J connectivity index is 1.60. The van der Waals surface area contributed by atoms with Crippen molar-refractivity contribution in [2.45, 2.75) is 19.8 Å². The van der Waals surface area contributed by atoms with Crippen molar-refractivity contribution in [3.8, 4) is 11.5 Å². The van der Waals surface area contributed by atoms with Crippen LogP contribution in [0.25, 0.3) is 0 Å². The molecule has 0 spiro atoms. The molecular formula is C20H20BrCl2N3O4S. The van der Waals surface area contributed by atoms with Gasteiger partial charge in [0.1, 0.15) is 11.5 Å². The van der Waals surface area contributed by atoms with Crippen LogP contribution in [0.2, 0.25) is 10.0 Å². The Morgan fingerprint density at radius 1 is 1.03 bits per heavy atom. The second kappa shape index (κ2) is 12.7. The monoisotopic (exact) mass is 547 g/mol. The number of hydrogen-bond acceptors (Lipinski definition) is 5. The molecule has 7 nitrogen and oxygen atoms in total. The number of aryl methyl sites for hydroxylation is 1. The Bertz CT molecular complexity index is 962. The Labute approximate surface area is 203 Å².